The molecule has 0 aliphatic rings. The number of carbonyl (C=O) groups is 4. The molecule has 2 aromatic rings. The molecule has 0 aromatic heterocycles. The number of nitrogens with one attached hydrogen (secondary N) is 3. The first kappa shape index (κ1) is 38.3. The van der Waals surface area contributed by atoms with Crippen molar-refractivity contribution in [2.24, 2.45) is 23.5 Å². The third-order valence-electron chi connectivity index (χ3n) is 7.97. The summed E-state index contributed by atoms with van der Waals surface area (Å²) in [6.07, 6.45) is 0.888. The van der Waals surface area contributed by atoms with E-state index in [1.165, 1.54) is 0 Å². The molecule has 0 unspecified atom stereocenters. The maximum atomic E-state index is 13.6. The Hall–Kier alpha value is -3.92. The van der Waals surface area contributed by atoms with Crippen molar-refractivity contribution in [3.63, 3.8) is 0 Å². The Morgan fingerprint density at radius 3 is 2.02 bits per heavy atom. The SMILES string of the molecule is CCOc1cc(C(=O)N[C@@H](CC(C)C)[C@@H](N)C[C@@H](C)C(=O)N[C@H](C(=O)NCc2ccccc2)C(C)C)cc(C(=O)N(CC)CC)c1. The Morgan fingerprint density at radius 1 is 0.826 bits per heavy atom. The van der Waals surface area contributed by atoms with Crippen LogP contribution in [0.15, 0.2) is 48.5 Å². The molecule has 2 rings (SSSR count). The highest BCUT2D eigenvalue weighted by molar-refractivity contribution is 6.00. The highest BCUT2D eigenvalue weighted by Crippen LogP contribution is 2.21. The van der Waals surface area contributed by atoms with Crippen molar-refractivity contribution in [1.82, 2.24) is 20.9 Å². The first-order valence-corrected chi connectivity index (χ1v) is 16.6. The number of amides is 4. The van der Waals surface area contributed by atoms with E-state index in [-0.39, 0.29) is 35.5 Å². The molecule has 0 spiro atoms. The van der Waals surface area contributed by atoms with Crippen LogP contribution in [-0.4, -0.2) is 66.4 Å². The molecular formula is C36H55N5O5. The molecule has 0 bridgehead atoms. The Morgan fingerprint density at radius 2 is 1.46 bits per heavy atom. The standard InChI is InChI=1S/C36H55N5O5/c1-9-41(10-2)36(45)28-19-27(20-29(21-28)46-11-3)34(43)39-31(17-23(4)5)30(37)18-25(8)33(42)40-32(24(6)7)35(44)38-22-26-15-13-12-14-16-26/h12-16,19-21,23-25,30-32H,9-11,17-18,22,37H2,1-8H3,(H,38,44)(H,39,43)(H,40,42)/t25-,30+,31+,32+/m1/s1. The van der Waals surface area contributed by atoms with Gasteiger partial charge in [0.1, 0.15) is 11.8 Å². The summed E-state index contributed by atoms with van der Waals surface area (Å²) in [5.41, 5.74) is 8.31. The molecule has 5 N–H and O–H groups in total. The number of carbonyl (C=O) groups excluding carboxylic acids is 4. The second-order valence-electron chi connectivity index (χ2n) is 12.6. The summed E-state index contributed by atoms with van der Waals surface area (Å²) in [5.74, 6) is -1.05. The van der Waals surface area contributed by atoms with Gasteiger partial charge in [-0.15, -0.1) is 0 Å². The molecule has 46 heavy (non-hydrogen) atoms. The van der Waals surface area contributed by atoms with Gasteiger partial charge >= 0.3 is 0 Å². The minimum atomic E-state index is -0.702. The van der Waals surface area contributed by atoms with Crippen molar-refractivity contribution in [3.05, 3.63) is 65.2 Å². The number of hydrogen-bond acceptors (Lipinski definition) is 6. The smallest absolute Gasteiger partial charge is 0.253 e. The molecule has 0 aliphatic carbocycles. The van der Waals surface area contributed by atoms with Crippen molar-refractivity contribution >= 4 is 23.6 Å². The van der Waals surface area contributed by atoms with E-state index in [9.17, 15) is 19.2 Å². The Bertz CT molecular complexity index is 1280. The quantitative estimate of drug-likeness (QED) is 0.189. The Labute approximate surface area is 275 Å². The minimum Gasteiger partial charge on any atom is -0.494 e. The van der Waals surface area contributed by atoms with E-state index < -0.39 is 24.0 Å². The highest BCUT2D eigenvalue weighted by Gasteiger charge is 2.30. The van der Waals surface area contributed by atoms with Gasteiger partial charge in [0.15, 0.2) is 0 Å². The molecule has 0 radical (unpaired) electrons. The van der Waals surface area contributed by atoms with E-state index in [0.717, 1.165) is 5.56 Å². The molecule has 4 atom stereocenters. The molecular weight excluding hydrogens is 582 g/mol. The number of ether oxygens (including phenoxy) is 1. The highest BCUT2D eigenvalue weighted by atomic mass is 16.5. The summed E-state index contributed by atoms with van der Waals surface area (Å²) in [6, 6.07) is 12.8. The molecule has 0 aliphatic heterocycles. The van der Waals surface area contributed by atoms with Crippen LogP contribution in [0.1, 0.15) is 94.5 Å². The fraction of sp³-hybridized carbons (Fsp3) is 0.556. The van der Waals surface area contributed by atoms with Gasteiger partial charge in [-0.05, 0) is 69.2 Å². The summed E-state index contributed by atoms with van der Waals surface area (Å²) in [4.78, 5) is 54.7. The summed E-state index contributed by atoms with van der Waals surface area (Å²) in [7, 11) is 0. The number of nitrogens with two attached hydrogens (primary N) is 1. The molecule has 10 nitrogen and oxygen atoms in total. The molecule has 4 amide bonds. The van der Waals surface area contributed by atoms with Crippen LogP contribution in [0.25, 0.3) is 0 Å². The predicted octanol–water partition coefficient (Wildman–Crippen LogP) is 4.52. The van der Waals surface area contributed by atoms with Gasteiger partial charge in [0.05, 0.1) is 6.61 Å². The van der Waals surface area contributed by atoms with Crippen LogP contribution in [0.5, 0.6) is 5.75 Å². The van der Waals surface area contributed by atoms with E-state index in [4.69, 9.17) is 10.5 Å². The number of hydrogen-bond donors (Lipinski definition) is 4. The van der Waals surface area contributed by atoms with Crippen LogP contribution in [0, 0.1) is 17.8 Å². The first-order chi connectivity index (χ1) is 21.8. The lowest BCUT2D eigenvalue weighted by atomic mass is 9.90. The van der Waals surface area contributed by atoms with Gasteiger partial charge in [-0.2, -0.15) is 0 Å². The molecule has 0 fully saturated rings. The Balaban J connectivity index is 2.15. The van der Waals surface area contributed by atoms with E-state index in [0.29, 0.717) is 56.0 Å². The minimum absolute atomic E-state index is 0.125. The monoisotopic (exact) mass is 637 g/mol. The van der Waals surface area contributed by atoms with Crippen molar-refractivity contribution < 1.29 is 23.9 Å². The fourth-order valence-electron chi connectivity index (χ4n) is 5.30. The summed E-state index contributed by atoms with van der Waals surface area (Å²) in [5, 5.41) is 8.90. The molecule has 2 aromatic carbocycles. The topological polar surface area (TPSA) is 143 Å². The zero-order chi connectivity index (χ0) is 34.4. The predicted molar refractivity (Wildman–Crippen MR) is 182 cm³/mol. The van der Waals surface area contributed by atoms with E-state index in [1.54, 1.807) is 30.0 Å². The van der Waals surface area contributed by atoms with Crippen LogP contribution in [0.3, 0.4) is 0 Å². The van der Waals surface area contributed by atoms with Gasteiger partial charge in [0.2, 0.25) is 11.8 Å². The lowest BCUT2D eigenvalue weighted by Crippen LogP contribution is -2.53. The van der Waals surface area contributed by atoms with Gasteiger partial charge in [0, 0.05) is 48.8 Å². The maximum Gasteiger partial charge on any atom is 0.253 e. The largest absolute Gasteiger partial charge is 0.494 e. The summed E-state index contributed by atoms with van der Waals surface area (Å²) >= 11 is 0. The van der Waals surface area contributed by atoms with Crippen LogP contribution >= 0.6 is 0 Å². The first-order valence-electron chi connectivity index (χ1n) is 16.6. The number of benzene rings is 2. The van der Waals surface area contributed by atoms with E-state index in [2.05, 4.69) is 16.0 Å². The van der Waals surface area contributed by atoms with Gasteiger partial charge in [-0.25, -0.2) is 0 Å². The lowest BCUT2D eigenvalue weighted by molar-refractivity contribution is -0.132. The van der Waals surface area contributed by atoms with Crippen molar-refractivity contribution in [3.8, 4) is 5.75 Å². The maximum absolute atomic E-state index is 13.6. The van der Waals surface area contributed by atoms with E-state index >= 15 is 0 Å². The van der Waals surface area contributed by atoms with Crippen molar-refractivity contribution in [2.45, 2.75) is 92.9 Å². The average molecular weight is 638 g/mol. The lowest BCUT2D eigenvalue weighted by Gasteiger charge is -2.29. The Kier molecular flexibility index (Phi) is 15.7. The fourth-order valence-corrected chi connectivity index (χ4v) is 5.30. The van der Waals surface area contributed by atoms with Crippen LogP contribution in [-0.2, 0) is 16.1 Å². The number of rotatable bonds is 18. The number of nitrogens with zero attached hydrogens (tertiary/aromatic N) is 1. The molecule has 0 heterocycles. The van der Waals surface area contributed by atoms with Gasteiger partial charge in [-0.1, -0.05) is 65.0 Å². The normalized spacial score (nSPS) is 13.8. The van der Waals surface area contributed by atoms with Crippen LogP contribution < -0.4 is 26.4 Å². The van der Waals surface area contributed by atoms with Crippen LogP contribution in [0.2, 0.25) is 0 Å². The van der Waals surface area contributed by atoms with Crippen LogP contribution in [0.4, 0.5) is 0 Å². The zero-order valence-corrected chi connectivity index (χ0v) is 28.9. The summed E-state index contributed by atoms with van der Waals surface area (Å²) < 4.78 is 5.69. The second kappa shape index (κ2) is 18.9. The average Bonchev–Trinajstić information content (AvgIpc) is 3.02. The van der Waals surface area contributed by atoms with Gasteiger partial charge in [0.25, 0.3) is 11.8 Å². The third-order valence-corrected chi connectivity index (χ3v) is 7.97. The molecule has 10 heteroatoms. The van der Waals surface area contributed by atoms with Gasteiger partial charge < -0.3 is 31.3 Å². The molecule has 0 saturated carbocycles. The molecule has 254 valence electrons. The third kappa shape index (κ3) is 11.8. The van der Waals surface area contributed by atoms with Crippen molar-refractivity contribution in [1.29, 1.82) is 0 Å². The second-order valence-corrected chi connectivity index (χ2v) is 12.6. The zero-order valence-electron chi connectivity index (χ0n) is 28.9. The van der Waals surface area contributed by atoms with Crippen molar-refractivity contribution in [2.75, 3.05) is 19.7 Å². The summed E-state index contributed by atoms with van der Waals surface area (Å²) in [6.45, 7) is 17.1. The van der Waals surface area contributed by atoms with E-state index in [1.807, 2.05) is 78.8 Å². The van der Waals surface area contributed by atoms with Gasteiger partial charge in [-0.3, -0.25) is 19.2 Å². The molecule has 0 saturated heterocycles.